The molecule has 0 saturated heterocycles. The van der Waals surface area contributed by atoms with Crippen molar-refractivity contribution in [3.05, 3.63) is 188 Å². The van der Waals surface area contributed by atoms with Gasteiger partial charge in [0.05, 0.1) is 46.8 Å². The zero-order valence-electron chi connectivity index (χ0n) is 37.0. The highest BCUT2D eigenvalue weighted by Crippen LogP contribution is 2.39. The van der Waals surface area contributed by atoms with E-state index >= 15 is 0 Å². The highest BCUT2D eigenvalue weighted by atomic mass is 15.0. The van der Waals surface area contributed by atoms with Crippen LogP contribution in [0.1, 0.15) is 13.7 Å². The van der Waals surface area contributed by atoms with E-state index in [2.05, 4.69) is 0 Å². The SMILES string of the molecule is [2H]c1c(-c2ccccc2)c([2H])c(-n2c3c([2H])c([2H])c([2H])c([2H])c3c3c([2H])c(-n4c5ccccc5c5ccccc54)c([2H])c([2H])c32)c([2H])c1-n1c2ccccc2c2ccccc21. The standard InChI is InChI=1S/C48H31N3/c1-2-14-32(15-3-1)33-28-35(50-45-23-11-6-18-39(45)40-19-7-12-24-46(40)50)30-36(29-33)51-47-25-13-8-20-41(47)42-31-34(26-27-48(42)51)49-43-21-9-4-16-37(43)38-17-5-10-22-44(38)49/h1-31H/i8D,13D,20D,25D,26D,27D,28D,29D,30D,31D. The van der Waals surface area contributed by atoms with E-state index in [-0.39, 0.29) is 74.6 Å². The number of nitrogens with zero attached hydrogens (tertiary/aromatic N) is 3. The van der Waals surface area contributed by atoms with Gasteiger partial charge in [0.25, 0.3) is 0 Å². The zero-order chi connectivity index (χ0) is 42.2. The van der Waals surface area contributed by atoms with Gasteiger partial charge in [-0.3, -0.25) is 0 Å². The molecule has 3 aromatic heterocycles. The van der Waals surface area contributed by atoms with Crippen LogP contribution >= 0.6 is 0 Å². The maximum absolute atomic E-state index is 10.1. The lowest BCUT2D eigenvalue weighted by Crippen LogP contribution is -2.00. The maximum Gasteiger partial charge on any atom is 0.0667 e. The Hall–Kier alpha value is -6.84. The number of hydrogen-bond donors (Lipinski definition) is 0. The van der Waals surface area contributed by atoms with Crippen molar-refractivity contribution in [2.24, 2.45) is 0 Å². The second-order valence-corrected chi connectivity index (χ2v) is 12.6. The third kappa shape index (κ3) is 4.12. The van der Waals surface area contributed by atoms with Gasteiger partial charge in [0.15, 0.2) is 0 Å². The molecular formula is C48H31N3. The molecule has 11 aromatic rings. The summed E-state index contributed by atoms with van der Waals surface area (Å²) in [7, 11) is 0. The van der Waals surface area contributed by atoms with Crippen molar-refractivity contribution in [2.45, 2.75) is 0 Å². The van der Waals surface area contributed by atoms with Crippen LogP contribution in [0.15, 0.2) is 188 Å². The predicted molar refractivity (Wildman–Crippen MR) is 215 cm³/mol. The van der Waals surface area contributed by atoms with E-state index in [1.165, 1.54) is 4.57 Å². The van der Waals surface area contributed by atoms with Crippen molar-refractivity contribution in [2.75, 3.05) is 0 Å². The summed E-state index contributed by atoms with van der Waals surface area (Å²) in [6, 6.07) is 35.6. The van der Waals surface area contributed by atoms with Gasteiger partial charge < -0.3 is 13.7 Å². The summed E-state index contributed by atoms with van der Waals surface area (Å²) >= 11 is 0. The fraction of sp³-hybridized carbons (Fsp3) is 0. The molecule has 0 aliphatic heterocycles. The van der Waals surface area contributed by atoms with E-state index in [4.69, 9.17) is 2.74 Å². The van der Waals surface area contributed by atoms with Gasteiger partial charge in [-0.25, -0.2) is 0 Å². The van der Waals surface area contributed by atoms with Crippen LogP contribution in [0.4, 0.5) is 0 Å². The summed E-state index contributed by atoms with van der Waals surface area (Å²) in [4.78, 5) is 0. The summed E-state index contributed by atoms with van der Waals surface area (Å²) in [5, 5.41) is 3.40. The van der Waals surface area contributed by atoms with Crippen LogP contribution in [0, 0.1) is 0 Å². The van der Waals surface area contributed by atoms with Crippen molar-refractivity contribution in [1.29, 1.82) is 0 Å². The Balaban J connectivity index is 1.38. The first-order valence-corrected chi connectivity index (χ1v) is 16.7. The Morgan fingerprint density at radius 3 is 1.31 bits per heavy atom. The van der Waals surface area contributed by atoms with Crippen LogP contribution in [-0.4, -0.2) is 13.7 Å². The molecule has 0 aliphatic carbocycles. The summed E-state index contributed by atoms with van der Waals surface area (Å²) < 4.78 is 101. The lowest BCUT2D eigenvalue weighted by molar-refractivity contribution is 1.13. The Kier molecular flexibility index (Phi) is 4.24. The number of aromatic nitrogens is 3. The molecule has 3 heteroatoms. The molecule has 0 unspecified atom stereocenters. The van der Waals surface area contributed by atoms with Gasteiger partial charge >= 0.3 is 0 Å². The van der Waals surface area contributed by atoms with Gasteiger partial charge in [-0.2, -0.15) is 0 Å². The molecule has 8 aromatic carbocycles. The summed E-state index contributed by atoms with van der Waals surface area (Å²) in [6.45, 7) is 0. The lowest BCUT2D eigenvalue weighted by Gasteiger charge is -2.16. The number of benzene rings is 8. The van der Waals surface area contributed by atoms with Crippen LogP contribution in [0.2, 0.25) is 0 Å². The minimum absolute atomic E-state index is 0.0201. The average Bonchev–Trinajstić information content (AvgIpc) is 3.92. The molecule has 0 fully saturated rings. The average molecular weight is 660 g/mol. The van der Waals surface area contributed by atoms with E-state index in [1.54, 1.807) is 28.8 Å². The second-order valence-electron chi connectivity index (χ2n) is 12.6. The van der Waals surface area contributed by atoms with Crippen molar-refractivity contribution >= 4 is 65.4 Å². The summed E-state index contributed by atoms with van der Waals surface area (Å²) in [6.07, 6.45) is 0. The third-order valence-corrected chi connectivity index (χ3v) is 9.76. The number of fused-ring (bicyclic) bond motifs is 9. The highest BCUT2D eigenvalue weighted by Gasteiger charge is 2.19. The van der Waals surface area contributed by atoms with Crippen molar-refractivity contribution < 1.29 is 13.7 Å². The van der Waals surface area contributed by atoms with Crippen molar-refractivity contribution in [3.8, 4) is 28.2 Å². The maximum atomic E-state index is 10.1. The number of rotatable bonds is 4. The Morgan fingerprint density at radius 1 is 0.294 bits per heavy atom. The Morgan fingerprint density at radius 2 is 0.745 bits per heavy atom. The smallest absolute Gasteiger partial charge is 0.0667 e. The van der Waals surface area contributed by atoms with Crippen molar-refractivity contribution in [3.63, 3.8) is 0 Å². The minimum atomic E-state index is -0.575. The molecule has 51 heavy (non-hydrogen) atoms. The third-order valence-electron chi connectivity index (χ3n) is 9.76. The van der Waals surface area contributed by atoms with Gasteiger partial charge in [-0.1, -0.05) is 121 Å². The van der Waals surface area contributed by atoms with Gasteiger partial charge in [-0.15, -0.1) is 0 Å². The summed E-state index contributed by atoms with van der Waals surface area (Å²) in [5.74, 6) is 0. The molecule has 0 aliphatic rings. The first-order valence-electron chi connectivity index (χ1n) is 21.7. The molecule has 0 spiro atoms. The van der Waals surface area contributed by atoms with Gasteiger partial charge in [0.1, 0.15) is 0 Å². The van der Waals surface area contributed by atoms with Crippen molar-refractivity contribution in [1.82, 2.24) is 13.7 Å². The second kappa shape index (κ2) is 10.8. The topological polar surface area (TPSA) is 14.8 Å². The molecule has 3 nitrogen and oxygen atoms in total. The lowest BCUT2D eigenvalue weighted by atomic mass is 10.0. The monoisotopic (exact) mass is 659 g/mol. The van der Waals surface area contributed by atoms with E-state index in [1.807, 2.05) is 108 Å². The molecule has 11 rings (SSSR count). The highest BCUT2D eigenvalue weighted by molar-refractivity contribution is 6.13. The molecule has 0 bridgehead atoms. The van der Waals surface area contributed by atoms with Crippen LogP contribution in [0.25, 0.3) is 93.6 Å². The predicted octanol–water partition coefficient (Wildman–Crippen LogP) is 12.6. The number of hydrogen-bond acceptors (Lipinski definition) is 0. The molecular weight excluding hydrogens is 619 g/mol. The fourth-order valence-electron chi connectivity index (χ4n) is 7.58. The van der Waals surface area contributed by atoms with Gasteiger partial charge in [0.2, 0.25) is 0 Å². The first-order chi connectivity index (χ1) is 29.5. The van der Waals surface area contributed by atoms with E-state index in [0.29, 0.717) is 27.6 Å². The zero-order valence-corrected chi connectivity index (χ0v) is 27.0. The van der Waals surface area contributed by atoms with E-state index in [0.717, 1.165) is 21.5 Å². The molecule has 238 valence electrons. The Bertz CT molecular complexity index is 3610. The minimum Gasteiger partial charge on any atom is -0.309 e. The Labute approximate surface area is 308 Å². The molecule has 0 atom stereocenters. The molecule has 0 radical (unpaired) electrons. The van der Waals surface area contributed by atoms with E-state index < -0.39 is 30.2 Å². The van der Waals surface area contributed by atoms with Crippen LogP contribution in [0.3, 0.4) is 0 Å². The van der Waals surface area contributed by atoms with Gasteiger partial charge in [0, 0.05) is 49.4 Å². The van der Waals surface area contributed by atoms with Crippen LogP contribution in [-0.2, 0) is 0 Å². The van der Waals surface area contributed by atoms with Crippen LogP contribution in [0.5, 0.6) is 0 Å². The largest absolute Gasteiger partial charge is 0.309 e. The summed E-state index contributed by atoms with van der Waals surface area (Å²) in [5.41, 5.74) is 3.19. The fourth-order valence-corrected chi connectivity index (χ4v) is 7.58. The van der Waals surface area contributed by atoms with E-state index in [9.17, 15) is 11.0 Å². The van der Waals surface area contributed by atoms with Gasteiger partial charge in [-0.05, 0) is 77.7 Å². The number of para-hydroxylation sites is 5. The van der Waals surface area contributed by atoms with Crippen LogP contribution < -0.4 is 0 Å². The molecule has 3 heterocycles. The molecule has 0 amide bonds. The molecule has 0 N–H and O–H groups in total. The first kappa shape index (κ1) is 20.0. The normalized spacial score (nSPS) is 14.7. The molecule has 0 saturated carbocycles. The quantitative estimate of drug-likeness (QED) is 0.179.